The van der Waals surface area contributed by atoms with Gasteiger partial charge in [0.05, 0.1) is 26.2 Å². The van der Waals surface area contributed by atoms with E-state index in [-0.39, 0.29) is 12.2 Å². The van der Waals surface area contributed by atoms with Crippen LogP contribution in [0.2, 0.25) is 0 Å². The van der Waals surface area contributed by atoms with Crippen molar-refractivity contribution >= 4 is 5.78 Å². The van der Waals surface area contributed by atoms with Crippen molar-refractivity contribution in [1.82, 2.24) is 0 Å². The van der Waals surface area contributed by atoms with Crippen LogP contribution in [0.5, 0.6) is 11.5 Å². The fraction of sp³-hybridized carbons (Fsp3) is 0.222. The molecule has 0 saturated heterocycles. The third-order valence-corrected chi connectivity index (χ3v) is 3.48. The minimum Gasteiger partial charge on any atom is -0.497 e. The van der Waals surface area contributed by atoms with Crippen LogP contribution in [0, 0.1) is 11.3 Å². The molecule has 0 amide bonds. The van der Waals surface area contributed by atoms with Gasteiger partial charge in [-0.15, -0.1) is 0 Å². The van der Waals surface area contributed by atoms with Crippen molar-refractivity contribution < 1.29 is 14.3 Å². The molecule has 0 aromatic heterocycles. The number of nitriles is 1. The number of ether oxygens (including phenoxy) is 2. The minimum atomic E-state index is -0.472. The number of Topliss-reactive ketones (excluding diaryl/α,β-unsaturated/α-hetero) is 1. The van der Waals surface area contributed by atoms with Crippen LogP contribution in [0.25, 0.3) is 0 Å². The smallest absolute Gasteiger partial charge is 0.164 e. The van der Waals surface area contributed by atoms with Crippen LogP contribution in [0.15, 0.2) is 48.5 Å². The standard InChI is InChI=1S/C18H17NO3/c1-21-16-7-3-13(4-8-16)15(12-19)11-18(20)14-5-9-17(22-2)10-6-14/h3-10,15H,11H2,1-2H3/t15-/m0/s1. The van der Waals surface area contributed by atoms with E-state index in [1.54, 1.807) is 50.6 Å². The number of ketones is 1. The Bertz CT molecular complexity index is 669. The summed E-state index contributed by atoms with van der Waals surface area (Å²) in [5.74, 6) is 0.885. The maximum atomic E-state index is 12.3. The normalized spacial score (nSPS) is 11.3. The largest absolute Gasteiger partial charge is 0.497 e. The van der Waals surface area contributed by atoms with Crippen LogP contribution in [0.4, 0.5) is 0 Å². The van der Waals surface area contributed by atoms with E-state index in [0.717, 1.165) is 11.3 Å². The highest BCUT2D eigenvalue weighted by atomic mass is 16.5. The Morgan fingerprint density at radius 3 is 1.95 bits per heavy atom. The predicted molar refractivity (Wildman–Crippen MR) is 83.3 cm³/mol. The average molecular weight is 295 g/mol. The molecule has 4 heteroatoms. The summed E-state index contributed by atoms with van der Waals surface area (Å²) < 4.78 is 10.2. The molecule has 0 radical (unpaired) electrons. The maximum absolute atomic E-state index is 12.3. The van der Waals surface area contributed by atoms with Crippen LogP contribution in [0.3, 0.4) is 0 Å². The second-order valence-electron chi connectivity index (χ2n) is 4.81. The third kappa shape index (κ3) is 3.64. The summed E-state index contributed by atoms with van der Waals surface area (Å²) in [6.45, 7) is 0. The van der Waals surface area contributed by atoms with Gasteiger partial charge in [0.15, 0.2) is 5.78 Å². The number of hydrogen-bond acceptors (Lipinski definition) is 4. The van der Waals surface area contributed by atoms with Gasteiger partial charge in [0.2, 0.25) is 0 Å². The fourth-order valence-electron chi connectivity index (χ4n) is 2.15. The zero-order valence-electron chi connectivity index (χ0n) is 12.6. The molecule has 0 aliphatic carbocycles. The zero-order chi connectivity index (χ0) is 15.9. The molecule has 22 heavy (non-hydrogen) atoms. The summed E-state index contributed by atoms with van der Waals surface area (Å²) in [6.07, 6.45) is 0.148. The number of benzene rings is 2. The first-order valence-corrected chi connectivity index (χ1v) is 6.88. The van der Waals surface area contributed by atoms with Gasteiger partial charge in [-0.2, -0.15) is 5.26 Å². The molecule has 0 spiro atoms. The van der Waals surface area contributed by atoms with Gasteiger partial charge in [-0.3, -0.25) is 4.79 Å². The minimum absolute atomic E-state index is 0.0648. The van der Waals surface area contributed by atoms with Crippen molar-refractivity contribution in [3.63, 3.8) is 0 Å². The van der Waals surface area contributed by atoms with E-state index in [1.165, 1.54) is 0 Å². The quantitative estimate of drug-likeness (QED) is 0.764. The highest BCUT2D eigenvalue weighted by Crippen LogP contribution is 2.24. The molecule has 2 aromatic carbocycles. The topological polar surface area (TPSA) is 59.3 Å². The lowest BCUT2D eigenvalue weighted by Crippen LogP contribution is -2.06. The molecular formula is C18H17NO3. The number of rotatable bonds is 6. The number of carbonyl (C=O) groups excluding carboxylic acids is 1. The zero-order valence-corrected chi connectivity index (χ0v) is 12.6. The van der Waals surface area contributed by atoms with Crippen molar-refractivity contribution in [1.29, 1.82) is 5.26 Å². The van der Waals surface area contributed by atoms with Crippen LogP contribution in [-0.2, 0) is 0 Å². The molecule has 0 fully saturated rings. The highest BCUT2D eigenvalue weighted by molar-refractivity contribution is 5.96. The van der Waals surface area contributed by atoms with Gasteiger partial charge < -0.3 is 9.47 Å². The third-order valence-electron chi connectivity index (χ3n) is 3.48. The predicted octanol–water partition coefficient (Wildman–Crippen LogP) is 3.58. The molecule has 0 aliphatic heterocycles. The van der Waals surface area contributed by atoms with E-state index < -0.39 is 5.92 Å². The number of carbonyl (C=O) groups is 1. The molecule has 2 aromatic rings. The van der Waals surface area contributed by atoms with Gasteiger partial charge >= 0.3 is 0 Å². The van der Waals surface area contributed by atoms with Crippen LogP contribution < -0.4 is 9.47 Å². The Morgan fingerprint density at radius 1 is 1.00 bits per heavy atom. The van der Waals surface area contributed by atoms with E-state index in [2.05, 4.69) is 6.07 Å². The lowest BCUT2D eigenvalue weighted by molar-refractivity contribution is 0.0979. The molecule has 0 N–H and O–H groups in total. The highest BCUT2D eigenvalue weighted by Gasteiger charge is 2.17. The van der Waals surface area contributed by atoms with Crippen molar-refractivity contribution in [3.05, 3.63) is 59.7 Å². The van der Waals surface area contributed by atoms with Gasteiger partial charge in [0.1, 0.15) is 11.5 Å². The Kier molecular flexibility index (Phi) is 5.16. The average Bonchev–Trinajstić information content (AvgIpc) is 2.59. The van der Waals surface area contributed by atoms with Crippen molar-refractivity contribution in [2.75, 3.05) is 14.2 Å². The summed E-state index contributed by atoms with van der Waals surface area (Å²) in [5.41, 5.74) is 1.39. The van der Waals surface area contributed by atoms with E-state index >= 15 is 0 Å². The van der Waals surface area contributed by atoms with E-state index in [0.29, 0.717) is 11.3 Å². The molecule has 2 rings (SSSR count). The first-order valence-electron chi connectivity index (χ1n) is 6.88. The summed E-state index contributed by atoms with van der Waals surface area (Å²) in [6, 6.07) is 16.3. The summed E-state index contributed by atoms with van der Waals surface area (Å²) in [5, 5.41) is 9.33. The van der Waals surface area contributed by atoms with E-state index in [4.69, 9.17) is 9.47 Å². The second kappa shape index (κ2) is 7.28. The van der Waals surface area contributed by atoms with Crippen molar-refractivity contribution in [2.24, 2.45) is 0 Å². The van der Waals surface area contributed by atoms with Gasteiger partial charge in [-0.25, -0.2) is 0 Å². The Balaban J connectivity index is 2.11. The van der Waals surface area contributed by atoms with Crippen LogP contribution in [0.1, 0.15) is 28.3 Å². The Labute approximate surface area is 129 Å². The summed E-state index contributed by atoms with van der Waals surface area (Å²) in [7, 11) is 3.16. The molecule has 0 unspecified atom stereocenters. The molecule has 0 aliphatic rings. The molecule has 0 heterocycles. The maximum Gasteiger partial charge on any atom is 0.164 e. The number of hydrogen-bond donors (Lipinski definition) is 0. The number of methoxy groups -OCH3 is 2. The molecule has 112 valence electrons. The SMILES string of the molecule is COc1ccc(C(=O)C[C@@H](C#N)c2ccc(OC)cc2)cc1. The second-order valence-corrected chi connectivity index (χ2v) is 4.81. The summed E-state index contributed by atoms with van der Waals surface area (Å²) in [4.78, 5) is 12.3. The van der Waals surface area contributed by atoms with Gasteiger partial charge in [0.25, 0.3) is 0 Å². The Hall–Kier alpha value is -2.80. The van der Waals surface area contributed by atoms with Crippen LogP contribution in [-0.4, -0.2) is 20.0 Å². The van der Waals surface area contributed by atoms with Gasteiger partial charge in [-0.1, -0.05) is 12.1 Å². The van der Waals surface area contributed by atoms with Gasteiger partial charge in [0, 0.05) is 12.0 Å². The van der Waals surface area contributed by atoms with Crippen LogP contribution >= 0.6 is 0 Å². The van der Waals surface area contributed by atoms with Crippen molar-refractivity contribution in [3.8, 4) is 17.6 Å². The molecule has 1 atom stereocenters. The van der Waals surface area contributed by atoms with Gasteiger partial charge in [-0.05, 0) is 42.0 Å². The first-order chi connectivity index (χ1) is 10.7. The molecule has 4 nitrogen and oxygen atoms in total. The van der Waals surface area contributed by atoms with E-state index in [1.807, 2.05) is 12.1 Å². The fourth-order valence-corrected chi connectivity index (χ4v) is 2.15. The first kappa shape index (κ1) is 15.6. The molecule has 0 bridgehead atoms. The molecular weight excluding hydrogens is 278 g/mol. The van der Waals surface area contributed by atoms with E-state index in [9.17, 15) is 10.1 Å². The molecule has 0 saturated carbocycles. The summed E-state index contributed by atoms with van der Waals surface area (Å²) >= 11 is 0. The lowest BCUT2D eigenvalue weighted by Gasteiger charge is -2.10. The van der Waals surface area contributed by atoms with Crippen molar-refractivity contribution in [2.45, 2.75) is 12.3 Å². The number of nitrogens with zero attached hydrogens (tertiary/aromatic N) is 1. The Morgan fingerprint density at radius 2 is 1.50 bits per heavy atom. The lowest BCUT2D eigenvalue weighted by atomic mass is 9.93. The monoisotopic (exact) mass is 295 g/mol.